The molecule has 0 bridgehead atoms. The van der Waals surface area contributed by atoms with Gasteiger partial charge in [-0.05, 0) is 42.3 Å². The molecule has 0 aliphatic rings. The predicted octanol–water partition coefficient (Wildman–Crippen LogP) is 3.79. The molecule has 2 rings (SSSR count). The van der Waals surface area contributed by atoms with Crippen LogP contribution in [0, 0.1) is 6.92 Å². The summed E-state index contributed by atoms with van der Waals surface area (Å²) >= 11 is 3.40. The number of nitrogen functional groups attached to an aromatic ring is 1. The number of carbonyl (C=O) groups is 1. The highest BCUT2D eigenvalue weighted by Gasteiger charge is 2.10. The second-order valence-corrected chi connectivity index (χ2v) is 5.23. The highest BCUT2D eigenvalue weighted by Crippen LogP contribution is 2.30. The molecule has 0 saturated heterocycles. The van der Waals surface area contributed by atoms with Crippen LogP contribution in [-0.2, 0) is 4.74 Å². The van der Waals surface area contributed by atoms with Gasteiger partial charge in [0.25, 0.3) is 0 Å². The lowest BCUT2D eigenvalue weighted by atomic mass is 10.00. The summed E-state index contributed by atoms with van der Waals surface area (Å²) in [6, 6.07) is 11.3. The molecule has 0 fully saturated rings. The maximum Gasteiger partial charge on any atom is 0.337 e. The van der Waals surface area contributed by atoms with Gasteiger partial charge in [-0.3, -0.25) is 0 Å². The van der Waals surface area contributed by atoms with Crippen LogP contribution < -0.4 is 5.73 Å². The van der Waals surface area contributed by atoms with Gasteiger partial charge in [0.15, 0.2) is 0 Å². The number of hydrogen-bond donors (Lipinski definition) is 1. The molecular formula is C15H14BrNO2. The lowest BCUT2D eigenvalue weighted by Crippen LogP contribution is -2.01. The molecule has 2 aromatic rings. The molecule has 0 spiro atoms. The van der Waals surface area contributed by atoms with Crippen molar-refractivity contribution < 1.29 is 9.53 Å². The van der Waals surface area contributed by atoms with Gasteiger partial charge in [-0.1, -0.05) is 28.1 Å². The topological polar surface area (TPSA) is 52.3 Å². The smallest absolute Gasteiger partial charge is 0.337 e. The Morgan fingerprint density at radius 3 is 2.58 bits per heavy atom. The number of ether oxygens (including phenoxy) is 1. The largest absolute Gasteiger partial charge is 0.465 e. The van der Waals surface area contributed by atoms with Crippen LogP contribution in [0.25, 0.3) is 11.1 Å². The molecule has 0 saturated carbocycles. The molecule has 0 aromatic heterocycles. The van der Waals surface area contributed by atoms with Gasteiger partial charge in [0.05, 0.1) is 12.7 Å². The number of benzene rings is 2. The average molecular weight is 320 g/mol. The molecule has 2 N–H and O–H groups in total. The van der Waals surface area contributed by atoms with Crippen LogP contribution in [0.15, 0.2) is 40.9 Å². The third-order valence-corrected chi connectivity index (χ3v) is 3.29. The SMILES string of the molecule is COC(=O)c1cc(Br)cc(-c2ccc(C)cc2N)c1. The Bertz CT molecular complexity index is 638. The Morgan fingerprint density at radius 2 is 1.95 bits per heavy atom. The van der Waals surface area contributed by atoms with Gasteiger partial charge in [0.2, 0.25) is 0 Å². The molecule has 0 unspecified atom stereocenters. The van der Waals surface area contributed by atoms with E-state index in [0.717, 1.165) is 21.2 Å². The van der Waals surface area contributed by atoms with Gasteiger partial charge in [0.1, 0.15) is 0 Å². The average Bonchev–Trinajstić information content (AvgIpc) is 2.37. The summed E-state index contributed by atoms with van der Waals surface area (Å²) in [5.41, 5.74) is 10.1. The number of halogens is 1. The summed E-state index contributed by atoms with van der Waals surface area (Å²) in [5.74, 6) is -0.367. The fourth-order valence-corrected chi connectivity index (χ4v) is 2.42. The van der Waals surface area contributed by atoms with E-state index in [1.807, 2.05) is 31.2 Å². The van der Waals surface area contributed by atoms with Crippen molar-refractivity contribution in [1.82, 2.24) is 0 Å². The lowest BCUT2D eigenvalue weighted by Gasteiger charge is -2.09. The molecular weight excluding hydrogens is 306 g/mol. The standard InChI is InChI=1S/C15H14BrNO2/c1-9-3-4-13(14(17)5-9)10-6-11(15(18)19-2)8-12(16)7-10/h3-8H,17H2,1-2H3. The van der Waals surface area contributed by atoms with Crippen molar-refractivity contribution >= 4 is 27.6 Å². The minimum Gasteiger partial charge on any atom is -0.465 e. The zero-order valence-electron chi connectivity index (χ0n) is 10.7. The molecule has 3 nitrogen and oxygen atoms in total. The molecule has 4 heteroatoms. The Morgan fingerprint density at radius 1 is 1.21 bits per heavy atom. The minimum absolute atomic E-state index is 0.367. The molecule has 19 heavy (non-hydrogen) atoms. The van der Waals surface area contributed by atoms with E-state index < -0.39 is 0 Å². The zero-order chi connectivity index (χ0) is 14.0. The van der Waals surface area contributed by atoms with Crippen molar-refractivity contribution in [1.29, 1.82) is 0 Å². The molecule has 0 amide bonds. The number of carbonyl (C=O) groups excluding carboxylic acids is 1. The number of aryl methyl sites for hydroxylation is 1. The fourth-order valence-electron chi connectivity index (χ4n) is 1.93. The Hall–Kier alpha value is -1.81. The molecule has 0 aliphatic heterocycles. The number of esters is 1. The minimum atomic E-state index is -0.367. The van der Waals surface area contributed by atoms with Gasteiger partial charge in [-0.2, -0.15) is 0 Å². The van der Waals surface area contributed by atoms with E-state index in [0.29, 0.717) is 11.3 Å². The Balaban J connectivity index is 2.56. The zero-order valence-corrected chi connectivity index (χ0v) is 12.3. The van der Waals surface area contributed by atoms with Crippen molar-refractivity contribution in [3.63, 3.8) is 0 Å². The summed E-state index contributed by atoms with van der Waals surface area (Å²) in [6.45, 7) is 1.99. The molecule has 0 radical (unpaired) electrons. The van der Waals surface area contributed by atoms with Gasteiger partial charge < -0.3 is 10.5 Å². The van der Waals surface area contributed by atoms with Gasteiger partial charge in [0, 0.05) is 15.7 Å². The van der Waals surface area contributed by atoms with Crippen molar-refractivity contribution in [2.45, 2.75) is 6.92 Å². The van der Waals surface area contributed by atoms with Gasteiger partial charge >= 0.3 is 5.97 Å². The molecule has 0 heterocycles. The van der Waals surface area contributed by atoms with E-state index in [4.69, 9.17) is 10.5 Å². The van der Waals surface area contributed by atoms with Crippen LogP contribution in [0.5, 0.6) is 0 Å². The fraction of sp³-hybridized carbons (Fsp3) is 0.133. The monoisotopic (exact) mass is 319 g/mol. The van der Waals surface area contributed by atoms with Crippen molar-refractivity contribution in [3.8, 4) is 11.1 Å². The molecule has 0 atom stereocenters. The number of hydrogen-bond acceptors (Lipinski definition) is 3. The van der Waals surface area contributed by atoms with Crippen LogP contribution in [0.3, 0.4) is 0 Å². The van der Waals surface area contributed by atoms with E-state index in [1.165, 1.54) is 7.11 Å². The molecule has 98 valence electrons. The van der Waals surface area contributed by atoms with Crippen LogP contribution in [-0.4, -0.2) is 13.1 Å². The molecule has 2 aromatic carbocycles. The van der Waals surface area contributed by atoms with Gasteiger partial charge in [-0.15, -0.1) is 0 Å². The number of nitrogens with two attached hydrogens (primary N) is 1. The highest BCUT2D eigenvalue weighted by molar-refractivity contribution is 9.10. The first-order chi connectivity index (χ1) is 9.01. The lowest BCUT2D eigenvalue weighted by molar-refractivity contribution is 0.0600. The molecule has 0 aliphatic carbocycles. The first-order valence-corrected chi connectivity index (χ1v) is 6.56. The predicted molar refractivity (Wildman–Crippen MR) is 80.1 cm³/mol. The van der Waals surface area contributed by atoms with Crippen LogP contribution in [0.1, 0.15) is 15.9 Å². The number of methoxy groups -OCH3 is 1. The van der Waals surface area contributed by atoms with Crippen molar-refractivity contribution in [2.24, 2.45) is 0 Å². The summed E-state index contributed by atoms with van der Waals surface area (Å²) < 4.78 is 5.55. The first kappa shape index (κ1) is 13.6. The summed E-state index contributed by atoms with van der Waals surface area (Å²) in [4.78, 5) is 11.6. The van der Waals surface area contributed by atoms with Crippen molar-refractivity contribution in [3.05, 3.63) is 52.0 Å². The first-order valence-electron chi connectivity index (χ1n) is 5.76. The van der Waals surface area contributed by atoms with Crippen LogP contribution in [0.4, 0.5) is 5.69 Å². The van der Waals surface area contributed by atoms with E-state index in [2.05, 4.69) is 15.9 Å². The quantitative estimate of drug-likeness (QED) is 0.676. The maximum atomic E-state index is 11.6. The number of rotatable bonds is 2. The van der Waals surface area contributed by atoms with E-state index in [-0.39, 0.29) is 5.97 Å². The van der Waals surface area contributed by atoms with Crippen LogP contribution in [0.2, 0.25) is 0 Å². The second kappa shape index (κ2) is 5.45. The van der Waals surface area contributed by atoms with E-state index in [9.17, 15) is 4.79 Å². The Labute approximate surface area is 120 Å². The number of anilines is 1. The summed E-state index contributed by atoms with van der Waals surface area (Å²) in [6.07, 6.45) is 0. The Kier molecular flexibility index (Phi) is 3.90. The highest BCUT2D eigenvalue weighted by atomic mass is 79.9. The van der Waals surface area contributed by atoms with Crippen molar-refractivity contribution in [2.75, 3.05) is 12.8 Å². The third-order valence-electron chi connectivity index (χ3n) is 2.84. The maximum absolute atomic E-state index is 11.6. The third kappa shape index (κ3) is 2.96. The summed E-state index contributed by atoms with van der Waals surface area (Å²) in [5, 5.41) is 0. The van der Waals surface area contributed by atoms with Gasteiger partial charge in [-0.25, -0.2) is 4.79 Å². The normalized spacial score (nSPS) is 10.3. The van der Waals surface area contributed by atoms with E-state index >= 15 is 0 Å². The summed E-state index contributed by atoms with van der Waals surface area (Å²) in [7, 11) is 1.36. The second-order valence-electron chi connectivity index (χ2n) is 4.31. The van der Waals surface area contributed by atoms with E-state index in [1.54, 1.807) is 12.1 Å². The van der Waals surface area contributed by atoms with Crippen LogP contribution >= 0.6 is 15.9 Å².